The zero-order chi connectivity index (χ0) is 10.1. The van der Waals surface area contributed by atoms with Crippen LogP contribution in [0.25, 0.3) is 10.1 Å². The van der Waals surface area contributed by atoms with Gasteiger partial charge in [0.1, 0.15) is 11.5 Å². The van der Waals surface area contributed by atoms with E-state index in [2.05, 4.69) is 0 Å². The molecule has 0 aliphatic rings. The molecule has 1 aromatic heterocycles. The summed E-state index contributed by atoms with van der Waals surface area (Å²) in [5.74, 6) is 0.835. The first-order valence-corrected chi connectivity index (χ1v) is 5.02. The number of methoxy groups -OCH3 is 1. The van der Waals surface area contributed by atoms with Gasteiger partial charge >= 0.3 is 0 Å². The number of ether oxygens (including phenoxy) is 1. The van der Waals surface area contributed by atoms with Crippen LogP contribution in [0.15, 0.2) is 17.5 Å². The van der Waals surface area contributed by atoms with Crippen molar-refractivity contribution < 1.29 is 14.9 Å². The van der Waals surface area contributed by atoms with E-state index < -0.39 is 0 Å². The van der Waals surface area contributed by atoms with Crippen LogP contribution in [0.5, 0.6) is 11.5 Å². The Hall–Kier alpha value is -1.26. The molecule has 0 aliphatic carbocycles. The van der Waals surface area contributed by atoms with Gasteiger partial charge < -0.3 is 14.9 Å². The van der Waals surface area contributed by atoms with Crippen molar-refractivity contribution in [3.63, 3.8) is 0 Å². The molecule has 1 heterocycles. The summed E-state index contributed by atoms with van der Waals surface area (Å²) in [7, 11) is 1.56. The highest BCUT2D eigenvalue weighted by atomic mass is 32.1. The van der Waals surface area contributed by atoms with Gasteiger partial charge in [0, 0.05) is 10.9 Å². The Morgan fingerprint density at radius 2 is 2.29 bits per heavy atom. The molecular weight excluding hydrogens is 200 g/mol. The first kappa shape index (κ1) is 9.30. The molecule has 1 aromatic carbocycles. The molecule has 4 heteroatoms. The summed E-state index contributed by atoms with van der Waals surface area (Å²) in [6.45, 7) is -0.136. The second-order valence-electron chi connectivity index (χ2n) is 2.91. The van der Waals surface area contributed by atoms with E-state index in [1.54, 1.807) is 7.11 Å². The number of aromatic hydroxyl groups is 1. The predicted octanol–water partition coefficient (Wildman–Crippen LogP) is 2.11. The number of thiophene rings is 1. The number of aliphatic hydroxyl groups is 1. The van der Waals surface area contributed by atoms with Gasteiger partial charge in [0.15, 0.2) is 0 Å². The molecule has 0 spiro atoms. The van der Waals surface area contributed by atoms with Crippen molar-refractivity contribution in [1.29, 1.82) is 0 Å². The SMILES string of the molecule is COc1c(CO)cc(O)c2sccc12. The van der Waals surface area contributed by atoms with Crippen LogP contribution < -0.4 is 4.74 Å². The van der Waals surface area contributed by atoms with E-state index in [9.17, 15) is 5.11 Å². The van der Waals surface area contributed by atoms with E-state index >= 15 is 0 Å². The van der Waals surface area contributed by atoms with Crippen LogP contribution in [-0.2, 0) is 6.61 Å². The average molecular weight is 210 g/mol. The Labute approximate surface area is 85.2 Å². The van der Waals surface area contributed by atoms with E-state index in [0.29, 0.717) is 11.3 Å². The van der Waals surface area contributed by atoms with Gasteiger partial charge in [0.25, 0.3) is 0 Å². The fourth-order valence-electron chi connectivity index (χ4n) is 1.51. The Balaban J connectivity index is 2.82. The minimum absolute atomic E-state index is 0.136. The van der Waals surface area contributed by atoms with Crippen LogP contribution in [-0.4, -0.2) is 17.3 Å². The molecule has 0 bridgehead atoms. The fourth-order valence-corrected chi connectivity index (χ4v) is 2.32. The molecule has 0 atom stereocenters. The number of benzene rings is 1. The van der Waals surface area contributed by atoms with Crippen LogP contribution in [0, 0.1) is 0 Å². The van der Waals surface area contributed by atoms with Gasteiger partial charge in [-0.05, 0) is 17.5 Å². The molecule has 0 radical (unpaired) electrons. The zero-order valence-corrected chi connectivity index (χ0v) is 8.47. The highest BCUT2D eigenvalue weighted by Gasteiger charge is 2.12. The van der Waals surface area contributed by atoms with Crippen LogP contribution in [0.2, 0.25) is 0 Å². The van der Waals surface area contributed by atoms with E-state index in [-0.39, 0.29) is 12.4 Å². The summed E-state index contributed by atoms with van der Waals surface area (Å²) < 4.78 is 5.99. The summed E-state index contributed by atoms with van der Waals surface area (Å²) in [6, 6.07) is 3.41. The van der Waals surface area contributed by atoms with Crippen LogP contribution >= 0.6 is 11.3 Å². The maximum atomic E-state index is 9.64. The molecule has 0 aliphatic heterocycles. The van der Waals surface area contributed by atoms with Crippen molar-refractivity contribution >= 4 is 21.4 Å². The Morgan fingerprint density at radius 1 is 1.50 bits per heavy atom. The molecule has 0 saturated carbocycles. The van der Waals surface area contributed by atoms with Crippen molar-refractivity contribution in [2.45, 2.75) is 6.61 Å². The largest absolute Gasteiger partial charge is 0.506 e. The number of phenols is 1. The quantitative estimate of drug-likeness (QED) is 0.798. The number of fused-ring (bicyclic) bond motifs is 1. The van der Waals surface area contributed by atoms with Gasteiger partial charge in [-0.3, -0.25) is 0 Å². The highest BCUT2D eigenvalue weighted by molar-refractivity contribution is 7.17. The van der Waals surface area contributed by atoms with Crippen molar-refractivity contribution in [3.05, 3.63) is 23.1 Å². The lowest BCUT2D eigenvalue weighted by Gasteiger charge is -2.08. The normalized spacial score (nSPS) is 10.7. The molecule has 74 valence electrons. The third-order valence-corrected chi connectivity index (χ3v) is 3.06. The van der Waals surface area contributed by atoms with Gasteiger partial charge in [-0.25, -0.2) is 0 Å². The molecule has 3 nitrogen and oxygen atoms in total. The summed E-state index contributed by atoms with van der Waals surface area (Å²) in [5, 5.41) is 21.5. The number of aliphatic hydroxyl groups excluding tert-OH is 1. The number of hydrogen-bond donors (Lipinski definition) is 2. The minimum atomic E-state index is -0.136. The van der Waals surface area contributed by atoms with Crippen molar-refractivity contribution in [1.82, 2.24) is 0 Å². The Kier molecular flexibility index (Phi) is 2.31. The second kappa shape index (κ2) is 3.48. The van der Waals surface area contributed by atoms with Crippen LogP contribution in [0.1, 0.15) is 5.56 Å². The fraction of sp³-hybridized carbons (Fsp3) is 0.200. The van der Waals surface area contributed by atoms with E-state index in [1.165, 1.54) is 17.4 Å². The van der Waals surface area contributed by atoms with Crippen molar-refractivity contribution in [2.75, 3.05) is 7.11 Å². The van der Waals surface area contributed by atoms with E-state index in [1.807, 2.05) is 11.4 Å². The summed E-state index contributed by atoms with van der Waals surface area (Å²) >= 11 is 1.45. The first-order valence-electron chi connectivity index (χ1n) is 4.14. The molecule has 0 amide bonds. The highest BCUT2D eigenvalue weighted by Crippen LogP contribution is 2.39. The molecule has 0 saturated heterocycles. The van der Waals surface area contributed by atoms with Crippen molar-refractivity contribution in [2.24, 2.45) is 0 Å². The summed E-state index contributed by atoms with van der Waals surface area (Å²) in [4.78, 5) is 0. The summed E-state index contributed by atoms with van der Waals surface area (Å²) in [5.41, 5.74) is 0.607. The van der Waals surface area contributed by atoms with Gasteiger partial charge in [-0.1, -0.05) is 0 Å². The maximum Gasteiger partial charge on any atom is 0.134 e. The first-order chi connectivity index (χ1) is 6.77. The molecule has 2 rings (SSSR count). The monoisotopic (exact) mass is 210 g/mol. The van der Waals surface area contributed by atoms with Gasteiger partial charge in [-0.2, -0.15) is 0 Å². The smallest absolute Gasteiger partial charge is 0.134 e. The molecule has 14 heavy (non-hydrogen) atoms. The van der Waals surface area contributed by atoms with E-state index in [0.717, 1.165) is 10.1 Å². The Bertz CT molecular complexity index is 462. The zero-order valence-electron chi connectivity index (χ0n) is 7.65. The van der Waals surface area contributed by atoms with Gasteiger partial charge in [-0.15, -0.1) is 11.3 Å². The Morgan fingerprint density at radius 3 is 2.93 bits per heavy atom. The molecule has 2 N–H and O–H groups in total. The molecular formula is C10H10O3S. The number of rotatable bonds is 2. The number of phenolic OH excluding ortho intramolecular Hbond substituents is 1. The van der Waals surface area contributed by atoms with Crippen molar-refractivity contribution in [3.8, 4) is 11.5 Å². The molecule has 2 aromatic rings. The summed E-state index contributed by atoms with van der Waals surface area (Å²) in [6.07, 6.45) is 0. The average Bonchev–Trinajstić information content (AvgIpc) is 2.66. The molecule has 0 unspecified atom stereocenters. The molecule has 0 fully saturated rings. The maximum absolute atomic E-state index is 9.64. The third kappa shape index (κ3) is 1.23. The third-order valence-electron chi connectivity index (χ3n) is 2.12. The van der Waals surface area contributed by atoms with Crippen LogP contribution in [0.4, 0.5) is 0 Å². The number of hydrogen-bond acceptors (Lipinski definition) is 4. The lowest BCUT2D eigenvalue weighted by molar-refractivity contribution is 0.274. The van der Waals surface area contributed by atoms with Gasteiger partial charge in [0.2, 0.25) is 0 Å². The van der Waals surface area contributed by atoms with Gasteiger partial charge in [0.05, 0.1) is 18.4 Å². The lowest BCUT2D eigenvalue weighted by Crippen LogP contribution is -1.92. The second-order valence-corrected chi connectivity index (χ2v) is 3.83. The topological polar surface area (TPSA) is 49.7 Å². The van der Waals surface area contributed by atoms with E-state index in [4.69, 9.17) is 9.84 Å². The standard InChI is InChI=1S/C10H10O3S/c1-13-9-6(5-11)4-8(12)10-7(9)2-3-14-10/h2-4,11-12H,5H2,1H3. The van der Waals surface area contributed by atoms with Crippen LogP contribution in [0.3, 0.4) is 0 Å². The minimum Gasteiger partial charge on any atom is -0.506 e. The predicted molar refractivity (Wildman–Crippen MR) is 56.0 cm³/mol. The lowest BCUT2D eigenvalue weighted by atomic mass is 10.1.